The second kappa shape index (κ2) is 6.74. The van der Waals surface area contributed by atoms with Crippen molar-refractivity contribution in [2.75, 3.05) is 11.9 Å². The van der Waals surface area contributed by atoms with E-state index < -0.39 is 0 Å². The third-order valence-electron chi connectivity index (χ3n) is 3.22. The molecule has 0 aromatic heterocycles. The van der Waals surface area contributed by atoms with Crippen LogP contribution in [0.3, 0.4) is 0 Å². The Labute approximate surface area is 137 Å². The van der Waals surface area contributed by atoms with Gasteiger partial charge in [0.1, 0.15) is 0 Å². The molecule has 0 bridgehead atoms. The van der Waals surface area contributed by atoms with E-state index in [0.717, 1.165) is 26.7 Å². The Morgan fingerprint density at radius 3 is 2.50 bits per heavy atom. The molecule has 106 valence electrons. The van der Waals surface area contributed by atoms with E-state index in [2.05, 4.69) is 80.2 Å². The highest BCUT2D eigenvalue weighted by atomic mass is 79.9. The van der Waals surface area contributed by atoms with Crippen LogP contribution in [-0.2, 0) is 6.54 Å². The molecule has 4 heteroatoms. The molecule has 0 heterocycles. The Hall–Kier alpha value is -0.840. The molecule has 1 unspecified atom stereocenters. The molecule has 0 amide bonds. The lowest BCUT2D eigenvalue weighted by Crippen LogP contribution is -2.17. The second-order valence-electron chi connectivity index (χ2n) is 4.99. The van der Waals surface area contributed by atoms with Crippen LogP contribution in [0.25, 0.3) is 0 Å². The number of nitrogens with zero attached hydrogens (tertiary/aromatic N) is 1. The molecule has 0 aliphatic heterocycles. The number of anilines is 1. The van der Waals surface area contributed by atoms with E-state index in [4.69, 9.17) is 5.73 Å². The monoisotopic (exact) mass is 396 g/mol. The van der Waals surface area contributed by atoms with Crippen molar-refractivity contribution in [1.29, 1.82) is 0 Å². The summed E-state index contributed by atoms with van der Waals surface area (Å²) in [6.45, 7) is 2.85. The number of nitrogens with two attached hydrogens (primary N) is 1. The van der Waals surface area contributed by atoms with Gasteiger partial charge in [0.2, 0.25) is 0 Å². The molecule has 0 spiro atoms. The summed E-state index contributed by atoms with van der Waals surface area (Å²) in [6, 6.07) is 14.7. The summed E-state index contributed by atoms with van der Waals surface area (Å²) in [5.74, 6) is 0. The van der Waals surface area contributed by atoms with E-state index in [1.165, 1.54) is 5.56 Å². The average Bonchev–Trinajstić information content (AvgIpc) is 2.38. The van der Waals surface area contributed by atoms with E-state index >= 15 is 0 Å². The van der Waals surface area contributed by atoms with Crippen LogP contribution in [0.4, 0.5) is 5.69 Å². The maximum Gasteiger partial charge on any atom is 0.0511 e. The third kappa shape index (κ3) is 3.84. The highest BCUT2D eigenvalue weighted by Gasteiger charge is 2.09. The van der Waals surface area contributed by atoms with Gasteiger partial charge in [0, 0.05) is 28.6 Å². The largest absolute Gasteiger partial charge is 0.369 e. The summed E-state index contributed by atoms with van der Waals surface area (Å²) in [5, 5.41) is 0. The van der Waals surface area contributed by atoms with Gasteiger partial charge in [-0.05, 0) is 58.2 Å². The SMILES string of the molecule is CC(N)c1ccc(N(C)Cc2cccc(Br)c2)c(Br)c1. The van der Waals surface area contributed by atoms with Crippen molar-refractivity contribution in [3.8, 4) is 0 Å². The normalized spacial score (nSPS) is 12.2. The lowest BCUT2D eigenvalue weighted by atomic mass is 10.1. The van der Waals surface area contributed by atoms with Gasteiger partial charge < -0.3 is 10.6 Å². The van der Waals surface area contributed by atoms with Gasteiger partial charge in [0.25, 0.3) is 0 Å². The number of rotatable bonds is 4. The van der Waals surface area contributed by atoms with Gasteiger partial charge in [0.05, 0.1) is 5.69 Å². The van der Waals surface area contributed by atoms with Gasteiger partial charge in [-0.1, -0.05) is 34.1 Å². The maximum absolute atomic E-state index is 5.91. The second-order valence-corrected chi connectivity index (χ2v) is 6.76. The Morgan fingerprint density at radius 2 is 1.90 bits per heavy atom. The predicted molar refractivity (Wildman–Crippen MR) is 93.0 cm³/mol. The Bertz CT molecular complexity index is 597. The number of hydrogen-bond acceptors (Lipinski definition) is 2. The van der Waals surface area contributed by atoms with E-state index in [9.17, 15) is 0 Å². The fourth-order valence-corrected chi connectivity index (χ4v) is 3.26. The van der Waals surface area contributed by atoms with Crippen LogP contribution in [0.2, 0.25) is 0 Å². The minimum absolute atomic E-state index is 0.0516. The smallest absolute Gasteiger partial charge is 0.0511 e. The number of halogens is 2. The van der Waals surface area contributed by atoms with Crippen LogP contribution in [-0.4, -0.2) is 7.05 Å². The Balaban J connectivity index is 2.19. The standard InChI is InChI=1S/C16H18Br2N2/c1-11(19)13-6-7-16(15(18)9-13)20(2)10-12-4-3-5-14(17)8-12/h3-9,11H,10,19H2,1-2H3. The molecule has 2 N–H and O–H groups in total. The van der Waals surface area contributed by atoms with E-state index in [0.29, 0.717) is 0 Å². The van der Waals surface area contributed by atoms with Gasteiger partial charge >= 0.3 is 0 Å². The van der Waals surface area contributed by atoms with E-state index in [1.54, 1.807) is 0 Å². The number of hydrogen-bond donors (Lipinski definition) is 1. The average molecular weight is 398 g/mol. The molecular formula is C16H18Br2N2. The van der Waals surface area contributed by atoms with Gasteiger partial charge in [-0.25, -0.2) is 0 Å². The van der Waals surface area contributed by atoms with Crippen molar-refractivity contribution in [1.82, 2.24) is 0 Å². The van der Waals surface area contributed by atoms with Crippen molar-refractivity contribution >= 4 is 37.5 Å². The molecule has 0 aliphatic carbocycles. The summed E-state index contributed by atoms with van der Waals surface area (Å²) in [5.41, 5.74) is 9.47. The zero-order chi connectivity index (χ0) is 14.7. The van der Waals surface area contributed by atoms with Crippen LogP contribution >= 0.6 is 31.9 Å². The topological polar surface area (TPSA) is 29.3 Å². The summed E-state index contributed by atoms with van der Waals surface area (Å²) >= 11 is 7.14. The van der Waals surface area contributed by atoms with E-state index in [1.807, 2.05) is 13.0 Å². The summed E-state index contributed by atoms with van der Waals surface area (Å²) in [4.78, 5) is 2.22. The van der Waals surface area contributed by atoms with Crippen LogP contribution in [0.5, 0.6) is 0 Å². The highest BCUT2D eigenvalue weighted by molar-refractivity contribution is 9.10. The molecule has 20 heavy (non-hydrogen) atoms. The van der Waals surface area contributed by atoms with Gasteiger partial charge in [-0.15, -0.1) is 0 Å². The van der Waals surface area contributed by atoms with Gasteiger partial charge in [0.15, 0.2) is 0 Å². The third-order valence-corrected chi connectivity index (χ3v) is 4.35. The van der Waals surface area contributed by atoms with Crippen molar-refractivity contribution in [3.63, 3.8) is 0 Å². The molecule has 0 saturated heterocycles. The zero-order valence-corrected chi connectivity index (χ0v) is 14.8. The van der Waals surface area contributed by atoms with Crippen molar-refractivity contribution in [2.24, 2.45) is 5.73 Å². The first kappa shape index (κ1) is 15.5. The Kier molecular flexibility index (Phi) is 5.24. The first-order valence-electron chi connectivity index (χ1n) is 6.48. The van der Waals surface area contributed by atoms with Crippen molar-refractivity contribution in [3.05, 3.63) is 62.5 Å². The van der Waals surface area contributed by atoms with E-state index in [-0.39, 0.29) is 6.04 Å². The summed E-state index contributed by atoms with van der Waals surface area (Å²) in [6.07, 6.45) is 0. The van der Waals surface area contributed by atoms with Gasteiger partial charge in [-0.2, -0.15) is 0 Å². The predicted octanol–water partition coefficient (Wildman–Crippen LogP) is 4.87. The minimum Gasteiger partial charge on any atom is -0.369 e. The van der Waals surface area contributed by atoms with Crippen molar-refractivity contribution < 1.29 is 0 Å². The first-order valence-corrected chi connectivity index (χ1v) is 8.06. The molecular weight excluding hydrogens is 380 g/mol. The molecule has 1 atom stereocenters. The molecule has 0 fully saturated rings. The number of benzene rings is 2. The summed E-state index contributed by atoms with van der Waals surface area (Å²) in [7, 11) is 2.09. The van der Waals surface area contributed by atoms with Crippen LogP contribution in [0, 0.1) is 0 Å². The fraction of sp³-hybridized carbons (Fsp3) is 0.250. The maximum atomic E-state index is 5.91. The van der Waals surface area contributed by atoms with Gasteiger partial charge in [-0.3, -0.25) is 0 Å². The van der Waals surface area contributed by atoms with Crippen molar-refractivity contribution in [2.45, 2.75) is 19.5 Å². The molecule has 0 aliphatic rings. The van der Waals surface area contributed by atoms with Crippen LogP contribution < -0.4 is 10.6 Å². The minimum atomic E-state index is 0.0516. The first-order chi connectivity index (χ1) is 9.47. The summed E-state index contributed by atoms with van der Waals surface area (Å²) < 4.78 is 2.18. The molecule has 2 rings (SSSR count). The highest BCUT2D eigenvalue weighted by Crippen LogP contribution is 2.29. The van der Waals surface area contributed by atoms with Crippen LogP contribution in [0.1, 0.15) is 24.1 Å². The van der Waals surface area contributed by atoms with Crippen LogP contribution in [0.15, 0.2) is 51.4 Å². The molecule has 0 saturated carbocycles. The molecule has 2 aromatic rings. The molecule has 0 radical (unpaired) electrons. The fourth-order valence-electron chi connectivity index (χ4n) is 2.11. The zero-order valence-electron chi connectivity index (χ0n) is 11.6. The lowest BCUT2D eigenvalue weighted by Gasteiger charge is -2.22. The molecule has 2 nitrogen and oxygen atoms in total. The lowest BCUT2D eigenvalue weighted by molar-refractivity contribution is 0.816. The quantitative estimate of drug-likeness (QED) is 0.797. The Morgan fingerprint density at radius 1 is 1.15 bits per heavy atom. The molecule has 2 aromatic carbocycles.